The average Bonchev–Trinajstić information content (AvgIpc) is 2.92. The van der Waals surface area contributed by atoms with Crippen molar-refractivity contribution in [2.45, 2.75) is 0 Å². The third kappa shape index (κ3) is 3.78. The van der Waals surface area contributed by atoms with E-state index in [-0.39, 0.29) is 16.2 Å². The van der Waals surface area contributed by atoms with Gasteiger partial charge >= 0.3 is 5.97 Å². The molecule has 1 aliphatic heterocycles. The number of aromatic carboxylic acids is 1. The molecule has 3 rings (SSSR count). The molecule has 2 heterocycles. The molecule has 1 aromatic carbocycles. The molecule has 2 aromatic rings. The minimum atomic E-state index is -1.30. The molecular formula is C17H11N3O5S. The Labute approximate surface area is 151 Å². The van der Waals surface area contributed by atoms with E-state index in [9.17, 15) is 19.2 Å². The fraction of sp³-hybridized carbons (Fsp3) is 0. The van der Waals surface area contributed by atoms with Gasteiger partial charge in [0, 0.05) is 11.9 Å². The summed E-state index contributed by atoms with van der Waals surface area (Å²) in [5.41, 5.74) is 0.583. The summed E-state index contributed by atoms with van der Waals surface area (Å²) in [4.78, 5) is 50.2. The molecule has 8 nitrogen and oxygen atoms in total. The molecule has 1 saturated heterocycles. The van der Waals surface area contributed by atoms with Gasteiger partial charge in [-0.1, -0.05) is 12.1 Å². The largest absolute Gasteiger partial charge is 0.476 e. The summed E-state index contributed by atoms with van der Waals surface area (Å²) < 4.78 is 0. The SMILES string of the molecule is O=C1NC(=O)/C(=C\c2cccc(NC(=O)c3cccnc3C(=O)O)c2)S1. The Balaban J connectivity index is 1.83. The van der Waals surface area contributed by atoms with Crippen LogP contribution in [-0.2, 0) is 4.79 Å². The van der Waals surface area contributed by atoms with Crippen LogP contribution in [0.1, 0.15) is 26.4 Å². The number of carbonyl (C=O) groups excluding carboxylic acids is 3. The zero-order valence-electron chi connectivity index (χ0n) is 13.1. The van der Waals surface area contributed by atoms with E-state index in [1.807, 2.05) is 0 Å². The first-order chi connectivity index (χ1) is 12.4. The summed E-state index contributed by atoms with van der Waals surface area (Å²) >= 11 is 0.791. The van der Waals surface area contributed by atoms with Crippen LogP contribution in [-0.4, -0.2) is 33.1 Å². The number of anilines is 1. The number of hydrogen-bond donors (Lipinski definition) is 3. The van der Waals surface area contributed by atoms with Gasteiger partial charge in [-0.3, -0.25) is 19.7 Å². The Morgan fingerprint density at radius 1 is 1.19 bits per heavy atom. The third-order valence-corrected chi connectivity index (χ3v) is 4.15. The van der Waals surface area contributed by atoms with E-state index >= 15 is 0 Å². The molecule has 1 aliphatic rings. The van der Waals surface area contributed by atoms with Crippen molar-refractivity contribution in [3.8, 4) is 0 Å². The van der Waals surface area contributed by atoms with Crippen molar-refractivity contribution in [3.63, 3.8) is 0 Å². The van der Waals surface area contributed by atoms with Crippen molar-refractivity contribution >= 4 is 46.5 Å². The molecule has 0 aliphatic carbocycles. The van der Waals surface area contributed by atoms with Gasteiger partial charge < -0.3 is 10.4 Å². The van der Waals surface area contributed by atoms with E-state index in [0.717, 1.165) is 11.8 Å². The summed E-state index contributed by atoms with van der Waals surface area (Å²) in [5, 5.41) is 13.4. The monoisotopic (exact) mass is 369 g/mol. The number of hydrogen-bond acceptors (Lipinski definition) is 6. The molecule has 130 valence electrons. The number of carboxylic acid groups (broad SMARTS) is 1. The van der Waals surface area contributed by atoms with E-state index in [4.69, 9.17) is 5.11 Å². The van der Waals surface area contributed by atoms with Gasteiger partial charge in [-0.2, -0.15) is 0 Å². The number of imide groups is 1. The molecule has 3 amide bonds. The molecule has 26 heavy (non-hydrogen) atoms. The highest BCUT2D eigenvalue weighted by molar-refractivity contribution is 8.18. The molecule has 3 N–H and O–H groups in total. The van der Waals surface area contributed by atoms with Crippen LogP contribution in [0.4, 0.5) is 10.5 Å². The number of thioether (sulfide) groups is 1. The molecule has 0 radical (unpaired) electrons. The Bertz CT molecular complexity index is 970. The van der Waals surface area contributed by atoms with Gasteiger partial charge in [0.2, 0.25) is 0 Å². The molecule has 1 fully saturated rings. The lowest BCUT2D eigenvalue weighted by Crippen LogP contribution is -2.18. The number of nitrogens with zero attached hydrogens (tertiary/aromatic N) is 1. The van der Waals surface area contributed by atoms with Crippen LogP contribution in [0.3, 0.4) is 0 Å². The van der Waals surface area contributed by atoms with Gasteiger partial charge in [0.05, 0.1) is 10.5 Å². The van der Waals surface area contributed by atoms with Crippen molar-refractivity contribution < 1.29 is 24.3 Å². The maximum absolute atomic E-state index is 12.3. The Hall–Kier alpha value is -3.46. The summed E-state index contributed by atoms with van der Waals surface area (Å²) in [5.74, 6) is -2.40. The van der Waals surface area contributed by atoms with E-state index in [0.29, 0.717) is 11.3 Å². The summed E-state index contributed by atoms with van der Waals surface area (Å²) in [6, 6.07) is 9.40. The lowest BCUT2D eigenvalue weighted by molar-refractivity contribution is -0.115. The molecule has 0 spiro atoms. The molecule has 1 aromatic heterocycles. The second kappa shape index (κ2) is 7.19. The van der Waals surface area contributed by atoms with Crippen molar-refractivity contribution in [1.82, 2.24) is 10.3 Å². The van der Waals surface area contributed by atoms with E-state index < -0.39 is 23.0 Å². The fourth-order valence-electron chi connectivity index (χ4n) is 2.24. The Morgan fingerprint density at radius 2 is 2.00 bits per heavy atom. The minimum absolute atomic E-state index is 0.0694. The predicted molar refractivity (Wildman–Crippen MR) is 94.7 cm³/mol. The standard InChI is InChI=1S/C17H11N3O5S/c21-14(11-5-2-6-18-13(11)16(23)24)19-10-4-1-3-9(7-10)8-12-15(22)20-17(25)26-12/h1-8H,(H,19,21)(H,23,24)(H,20,22,25)/b12-8+. The molecule has 0 unspecified atom stereocenters. The average molecular weight is 369 g/mol. The van der Waals surface area contributed by atoms with Crippen LogP contribution >= 0.6 is 11.8 Å². The van der Waals surface area contributed by atoms with E-state index in [1.165, 1.54) is 24.4 Å². The number of nitrogens with one attached hydrogen (secondary N) is 2. The molecule has 0 saturated carbocycles. The van der Waals surface area contributed by atoms with Gasteiger partial charge in [0.15, 0.2) is 5.69 Å². The van der Waals surface area contributed by atoms with Crippen LogP contribution < -0.4 is 10.6 Å². The van der Waals surface area contributed by atoms with Crippen LogP contribution in [0.25, 0.3) is 6.08 Å². The predicted octanol–water partition coefficient (Wildman–Crippen LogP) is 2.36. The number of rotatable bonds is 4. The number of benzene rings is 1. The van der Waals surface area contributed by atoms with Crippen LogP contribution in [0.15, 0.2) is 47.5 Å². The van der Waals surface area contributed by atoms with Crippen LogP contribution in [0.2, 0.25) is 0 Å². The summed E-state index contributed by atoms with van der Waals surface area (Å²) in [6.07, 6.45) is 2.81. The fourth-order valence-corrected chi connectivity index (χ4v) is 2.92. The van der Waals surface area contributed by atoms with Crippen molar-refractivity contribution in [3.05, 3.63) is 64.3 Å². The number of carboxylic acids is 1. The zero-order valence-corrected chi connectivity index (χ0v) is 13.9. The quantitative estimate of drug-likeness (QED) is 0.706. The van der Waals surface area contributed by atoms with Crippen LogP contribution in [0, 0.1) is 0 Å². The maximum Gasteiger partial charge on any atom is 0.355 e. The van der Waals surface area contributed by atoms with Crippen molar-refractivity contribution in [1.29, 1.82) is 0 Å². The normalized spacial score (nSPS) is 15.0. The van der Waals surface area contributed by atoms with Gasteiger partial charge in [0.1, 0.15) is 0 Å². The topological polar surface area (TPSA) is 125 Å². The molecular weight excluding hydrogens is 358 g/mol. The summed E-state index contributed by atoms with van der Waals surface area (Å²) in [6.45, 7) is 0. The second-order valence-electron chi connectivity index (χ2n) is 5.14. The number of pyridine rings is 1. The smallest absolute Gasteiger partial charge is 0.355 e. The van der Waals surface area contributed by atoms with Gasteiger partial charge in [-0.25, -0.2) is 9.78 Å². The second-order valence-corrected chi connectivity index (χ2v) is 6.15. The van der Waals surface area contributed by atoms with E-state index in [1.54, 1.807) is 24.3 Å². The zero-order chi connectivity index (χ0) is 18.7. The highest BCUT2D eigenvalue weighted by Crippen LogP contribution is 2.26. The van der Waals surface area contributed by atoms with Crippen LogP contribution in [0.5, 0.6) is 0 Å². The Kier molecular flexibility index (Phi) is 4.81. The molecule has 9 heteroatoms. The first-order valence-electron chi connectivity index (χ1n) is 7.28. The van der Waals surface area contributed by atoms with Gasteiger partial charge in [-0.05, 0) is 47.7 Å². The first-order valence-corrected chi connectivity index (χ1v) is 8.10. The highest BCUT2D eigenvalue weighted by atomic mass is 32.2. The maximum atomic E-state index is 12.3. The summed E-state index contributed by atoms with van der Waals surface area (Å²) in [7, 11) is 0. The number of carbonyl (C=O) groups is 4. The van der Waals surface area contributed by atoms with Gasteiger partial charge in [-0.15, -0.1) is 0 Å². The minimum Gasteiger partial charge on any atom is -0.476 e. The molecule has 0 atom stereocenters. The lowest BCUT2D eigenvalue weighted by Gasteiger charge is -2.08. The lowest BCUT2D eigenvalue weighted by atomic mass is 10.1. The molecule has 0 bridgehead atoms. The van der Waals surface area contributed by atoms with E-state index in [2.05, 4.69) is 15.6 Å². The van der Waals surface area contributed by atoms with Crippen molar-refractivity contribution in [2.24, 2.45) is 0 Å². The first kappa shape index (κ1) is 17.4. The number of aromatic nitrogens is 1. The van der Waals surface area contributed by atoms with Crippen molar-refractivity contribution in [2.75, 3.05) is 5.32 Å². The number of amides is 3. The highest BCUT2D eigenvalue weighted by Gasteiger charge is 2.25. The Morgan fingerprint density at radius 3 is 2.69 bits per heavy atom. The van der Waals surface area contributed by atoms with Gasteiger partial charge in [0.25, 0.3) is 17.1 Å². The third-order valence-electron chi connectivity index (χ3n) is 3.34.